The van der Waals surface area contributed by atoms with Gasteiger partial charge in [0.25, 0.3) is 0 Å². The third-order valence-electron chi connectivity index (χ3n) is 2.79. The van der Waals surface area contributed by atoms with E-state index in [4.69, 9.17) is 5.73 Å². The van der Waals surface area contributed by atoms with E-state index in [1.165, 1.54) is 11.1 Å². The molecule has 1 rings (SSSR count). The van der Waals surface area contributed by atoms with Crippen LogP contribution >= 0.6 is 0 Å². The third kappa shape index (κ3) is 4.77. The summed E-state index contributed by atoms with van der Waals surface area (Å²) in [5, 5.41) is 3.39. The van der Waals surface area contributed by atoms with Gasteiger partial charge in [-0.1, -0.05) is 38.1 Å². The van der Waals surface area contributed by atoms with Gasteiger partial charge in [0.1, 0.15) is 0 Å². The molecular formula is C14H24N2. The number of nitrogens with one attached hydrogen (secondary N) is 1. The number of rotatable bonds is 7. The van der Waals surface area contributed by atoms with Gasteiger partial charge in [-0.25, -0.2) is 0 Å². The Kier molecular flexibility index (Phi) is 6.12. The van der Waals surface area contributed by atoms with Crippen molar-refractivity contribution in [2.24, 2.45) is 5.73 Å². The van der Waals surface area contributed by atoms with E-state index in [2.05, 4.69) is 43.4 Å². The molecule has 0 aliphatic carbocycles. The molecule has 2 nitrogen and oxygen atoms in total. The van der Waals surface area contributed by atoms with Crippen LogP contribution in [0.1, 0.15) is 37.3 Å². The van der Waals surface area contributed by atoms with E-state index in [9.17, 15) is 0 Å². The molecule has 0 heterocycles. The maximum Gasteiger partial charge on any atom is -0.000834 e. The Morgan fingerprint density at radius 2 is 1.81 bits per heavy atom. The smallest absolute Gasteiger partial charge is 0.000834 e. The maximum absolute atomic E-state index is 5.43. The van der Waals surface area contributed by atoms with E-state index in [1.54, 1.807) is 0 Å². The van der Waals surface area contributed by atoms with Crippen molar-refractivity contribution < 1.29 is 0 Å². The van der Waals surface area contributed by atoms with Crippen LogP contribution in [0.25, 0.3) is 0 Å². The monoisotopic (exact) mass is 220 g/mol. The summed E-state index contributed by atoms with van der Waals surface area (Å²) in [6.07, 6.45) is 2.16. The normalized spacial score (nSPS) is 11.0. The molecule has 0 amide bonds. The number of nitrogens with two attached hydrogens (primary N) is 1. The second-order valence-corrected chi connectivity index (χ2v) is 4.54. The van der Waals surface area contributed by atoms with Crippen LogP contribution in [0.2, 0.25) is 0 Å². The fourth-order valence-electron chi connectivity index (χ4n) is 1.65. The van der Waals surface area contributed by atoms with E-state index < -0.39 is 0 Å². The van der Waals surface area contributed by atoms with Gasteiger partial charge in [-0.3, -0.25) is 0 Å². The average Bonchev–Trinajstić information content (AvgIpc) is 2.29. The van der Waals surface area contributed by atoms with Crippen LogP contribution in [0.5, 0.6) is 0 Å². The van der Waals surface area contributed by atoms with E-state index in [0.717, 1.165) is 32.5 Å². The first-order chi connectivity index (χ1) is 7.74. The Morgan fingerprint density at radius 3 is 2.38 bits per heavy atom. The number of benzene rings is 1. The lowest BCUT2D eigenvalue weighted by Crippen LogP contribution is -2.20. The zero-order valence-electron chi connectivity index (χ0n) is 10.5. The third-order valence-corrected chi connectivity index (χ3v) is 2.79. The quantitative estimate of drug-likeness (QED) is 0.692. The van der Waals surface area contributed by atoms with Crippen LogP contribution in [-0.4, -0.2) is 19.6 Å². The summed E-state index contributed by atoms with van der Waals surface area (Å²) in [6.45, 7) is 7.30. The lowest BCUT2D eigenvalue weighted by Gasteiger charge is -2.07. The molecule has 0 aliphatic heterocycles. The molecule has 0 radical (unpaired) electrons. The number of hydrogen-bond donors (Lipinski definition) is 2. The van der Waals surface area contributed by atoms with Crippen LogP contribution in [0, 0.1) is 0 Å². The molecule has 0 aliphatic rings. The zero-order chi connectivity index (χ0) is 11.8. The molecule has 0 spiro atoms. The molecule has 90 valence electrons. The molecular weight excluding hydrogens is 196 g/mol. The second-order valence-electron chi connectivity index (χ2n) is 4.54. The summed E-state index contributed by atoms with van der Waals surface area (Å²) >= 11 is 0. The molecule has 0 bridgehead atoms. The van der Waals surface area contributed by atoms with Crippen LogP contribution < -0.4 is 11.1 Å². The highest BCUT2D eigenvalue weighted by molar-refractivity contribution is 5.24. The Morgan fingerprint density at radius 1 is 1.12 bits per heavy atom. The van der Waals surface area contributed by atoms with Gasteiger partial charge in [-0.2, -0.15) is 0 Å². The Balaban J connectivity index is 2.27. The lowest BCUT2D eigenvalue weighted by molar-refractivity contribution is 0.653. The van der Waals surface area contributed by atoms with Gasteiger partial charge in [0.05, 0.1) is 0 Å². The van der Waals surface area contributed by atoms with Crippen molar-refractivity contribution in [2.45, 2.75) is 32.6 Å². The molecule has 0 atom stereocenters. The molecule has 3 N–H and O–H groups in total. The summed E-state index contributed by atoms with van der Waals surface area (Å²) in [5.74, 6) is 0.622. The molecule has 0 aromatic heterocycles. The predicted molar refractivity (Wildman–Crippen MR) is 70.8 cm³/mol. The zero-order valence-corrected chi connectivity index (χ0v) is 10.5. The van der Waals surface area contributed by atoms with Gasteiger partial charge in [-0.15, -0.1) is 0 Å². The minimum Gasteiger partial charge on any atom is -0.330 e. The molecule has 0 fully saturated rings. The average molecular weight is 220 g/mol. The van der Waals surface area contributed by atoms with E-state index in [-0.39, 0.29) is 0 Å². The molecule has 2 heteroatoms. The summed E-state index contributed by atoms with van der Waals surface area (Å²) < 4.78 is 0. The Labute approximate surface area is 99.2 Å². The second kappa shape index (κ2) is 7.42. The molecule has 1 aromatic rings. The van der Waals surface area contributed by atoms with Crippen LogP contribution in [0.15, 0.2) is 24.3 Å². The SMILES string of the molecule is CC(C)c1ccc(CCNCCCN)cc1. The molecule has 0 saturated heterocycles. The highest BCUT2D eigenvalue weighted by Crippen LogP contribution is 2.14. The summed E-state index contributed by atoms with van der Waals surface area (Å²) in [5.41, 5.74) is 8.25. The highest BCUT2D eigenvalue weighted by atomic mass is 14.8. The van der Waals surface area contributed by atoms with Crippen molar-refractivity contribution in [1.29, 1.82) is 0 Å². The lowest BCUT2D eigenvalue weighted by atomic mass is 10.0. The van der Waals surface area contributed by atoms with Crippen LogP contribution in [0.3, 0.4) is 0 Å². The topological polar surface area (TPSA) is 38.0 Å². The largest absolute Gasteiger partial charge is 0.330 e. The first-order valence-corrected chi connectivity index (χ1v) is 6.23. The van der Waals surface area contributed by atoms with Crippen LogP contribution in [-0.2, 0) is 6.42 Å². The fourth-order valence-corrected chi connectivity index (χ4v) is 1.65. The standard InChI is InChI=1S/C14H24N2/c1-12(2)14-6-4-13(5-7-14)8-11-16-10-3-9-15/h4-7,12,16H,3,8-11,15H2,1-2H3. The predicted octanol–water partition coefficient (Wildman–Crippen LogP) is 2.29. The van der Waals surface area contributed by atoms with Gasteiger partial charge in [0, 0.05) is 0 Å². The summed E-state index contributed by atoms with van der Waals surface area (Å²) in [6, 6.07) is 8.94. The van der Waals surface area contributed by atoms with Gasteiger partial charge in [0.2, 0.25) is 0 Å². The first kappa shape index (κ1) is 13.2. The minimum atomic E-state index is 0.622. The van der Waals surface area contributed by atoms with Crippen molar-refractivity contribution in [3.8, 4) is 0 Å². The summed E-state index contributed by atoms with van der Waals surface area (Å²) in [4.78, 5) is 0. The van der Waals surface area contributed by atoms with Gasteiger partial charge >= 0.3 is 0 Å². The summed E-state index contributed by atoms with van der Waals surface area (Å²) in [7, 11) is 0. The number of hydrogen-bond acceptors (Lipinski definition) is 2. The molecule has 1 aromatic carbocycles. The van der Waals surface area contributed by atoms with E-state index in [1.807, 2.05) is 0 Å². The maximum atomic E-state index is 5.43. The van der Waals surface area contributed by atoms with Crippen molar-refractivity contribution in [3.63, 3.8) is 0 Å². The van der Waals surface area contributed by atoms with E-state index in [0.29, 0.717) is 5.92 Å². The Bertz CT molecular complexity index is 277. The van der Waals surface area contributed by atoms with Gasteiger partial charge in [0.15, 0.2) is 0 Å². The van der Waals surface area contributed by atoms with Crippen molar-refractivity contribution in [1.82, 2.24) is 5.32 Å². The van der Waals surface area contributed by atoms with Crippen molar-refractivity contribution in [2.75, 3.05) is 19.6 Å². The van der Waals surface area contributed by atoms with E-state index >= 15 is 0 Å². The van der Waals surface area contributed by atoms with Gasteiger partial charge in [-0.05, 0) is 49.5 Å². The fraction of sp³-hybridized carbons (Fsp3) is 0.571. The van der Waals surface area contributed by atoms with Crippen molar-refractivity contribution >= 4 is 0 Å². The Hall–Kier alpha value is -0.860. The minimum absolute atomic E-state index is 0.622. The van der Waals surface area contributed by atoms with Crippen LogP contribution in [0.4, 0.5) is 0 Å². The highest BCUT2D eigenvalue weighted by Gasteiger charge is 1.98. The molecule has 0 unspecified atom stereocenters. The van der Waals surface area contributed by atoms with Crippen molar-refractivity contribution in [3.05, 3.63) is 35.4 Å². The molecule has 16 heavy (non-hydrogen) atoms. The first-order valence-electron chi connectivity index (χ1n) is 6.23. The van der Waals surface area contributed by atoms with Gasteiger partial charge < -0.3 is 11.1 Å². The molecule has 0 saturated carbocycles.